The number of aromatic carboxylic acids is 1. The minimum absolute atomic E-state index is 0.154. The standard InChI is InChI=1S/C14H12ClNO4/c1-8(2)7-19-12-4-3-9(5-10(12)15)13-6-11(14(17)18)16-20-13/h3-6H,1,7H2,2H3,(H,17,18). The molecule has 0 spiro atoms. The van der Waals surface area contributed by atoms with Crippen LogP contribution in [0.5, 0.6) is 5.75 Å². The summed E-state index contributed by atoms with van der Waals surface area (Å²) in [6, 6.07) is 6.36. The van der Waals surface area contributed by atoms with E-state index in [-0.39, 0.29) is 5.69 Å². The fourth-order valence-electron chi connectivity index (χ4n) is 1.48. The van der Waals surface area contributed by atoms with Gasteiger partial charge in [0.25, 0.3) is 0 Å². The van der Waals surface area contributed by atoms with Crippen LogP contribution >= 0.6 is 11.6 Å². The minimum atomic E-state index is -1.15. The van der Waals surface area contributed by atoms with Crippen molar-refractivity contribution in [3.05, 3.63) is 47.1 Å². The number of carboxylic acid groups (broad SMARTS) is 1. The number of hydrogen-bond donors (Lipinski definition) is 1. The molecule has 0 fully saturated rings. The Bertz CT molecular complexity index is 663. The second-order valence-electron chi connectivity index (χ2n) is 4.27. The summed E-state index contributed by atoms with van der Waals surface area (Å²) >= 11 is 6.10. The molecule has 0 aliphatic heterocycles. The van der Waals surface area contributed by atoms with Crippen molar-refractivity contribution in [2.45, 2.75) is 6.92 Å². The molecule has 0 unspecified atom stereocenters. The molecule has 0 amide bonds. The van der Waals surface area contributed by atoms with E-state index < -0.39 is 5.97 Å². The molecular weight excluding hydrogens is 282 g/mol. The van der Waals surface area contributed by atoms with E-state index in [0.717, 1.165) is 5.57 Å². The number of carbonyl (C=O) groups is 1. The molecule has 1 aromatic heterocycles. The Morgan fingerprint density at radius 3 is 2.80 bits per heavy atom. The molecule has 2 rings (SSSR count). The van der Waals surface area contributed by atoms with Crippen LogP contribution in [0.1, 0.15) is 17.4 Å². The first-order chi connectivity index (χ1) is 9.47. The Balaban J connectivity index is 2.23. The minimum Gasteiger partial charge on any atom is -0.488 e. The van der Waals surface area contributed by atoms with Crippen molar-refractivity contribution in [2.24, 2.45) is 0 Å². The molecule has 2 aromatic rings. The number of aromatic nitrogens is 1. The molecular formula is C14H12ClNO4. The van der Waals surface area contributed by atoms with Gasteiger partial charge in [0.2, 0.25) is 0 Å². The summed E-state index contributed by atoms with van der Waals surface area (Å²) in [5.41, 5.74) is 1.35. The van der Waals surface area contributed by atoms with Crippen LogP contribution in [0, 0.1) is 0 Å². The number of halogens is 1. The van der Waals surface area contributed by atoms with E-state index in [2.05, 4.69) is 11.7 Å². The average Bonchev–Trinajstić information content (AvgIpc) is 2.86. The predicted octanol–water partition coefficient (Wildman–Crippen LogP) is 3.65. The molecule has 104 valence electrons. The summed E-state index contributed by atoms with van der Waals surface area (Å²) in [6.07, 6.45) is 0. The van der Waals surface area contributed by atoms with Crippen molar-refractivity contribution in [1.82, 2.24) is 5.16 Å². The van der Waals surface area contributed by atoms with Crippen molar-refractivity contribution in [1.29, 1.82) is 0 Å². The van der Waals surface area contributed by atoms with Gasteiger partial charge in [0, 0.05) is 11.6 Å². The normalized spacial score (nSPS) is 10.3. The Labute approximate surface area is 120 Å². The number of hydrogen-bond acceptors (Lipinski definition) is 4. The molecule has 1 heterocycles. The van der Waals surface area contributed by atoms with E-state index in [1.165, 1.54) is 6.07 Å². The number of carboxylic acids is 1. The van der Waals surface area contributed by atoms with Crippen LogP contribution in [0.4, 0.5) is 0 Å². The van der Waals surface area contributed by atoms with Gasteiger partial charge in [0.1, 0.15) is 12.4 Å². The second-order valence-corrected chi connectivity index (χ2v) is 4.68. The van der Waals surface area contributed by atoms with Gasteiger partial charge in [-0.1, -0.05) is 23.3 Å². The predicted molar refractivity (Wildman–Crippen MR) is 74.2 cm³/mol. The summed E-state index contributed by atoms with van der Waals surface area (Å²) in [5.74, 6) is -0.292. The fourth-order valence-corrected chi connectivity index (χ4v) is 1.72. The average molecular weight is 294 g/mol. The maximum atomic E-state index is 10.7. The number of rotatable bonds is 5. The van der Waals surface area contributed by atoms with Gasteiger partial charge in [-0.05, 0) is 30.7 Å². The Morgan fingerprint density at radius 2 is 2.25 bits per heavy atom. The van der Waals surface area contributed by atoms with Gasteiger partial charge in [0.15, 0.2) is 11.5 Å². The fraction of sp³-hybridized carbons (Fsp3) is 0.143. The lowest BCUT2D eigenvalue weighted by Gasteiger charge is -2.08. The molecule has 20 heavy (non-hydrogen) atoms. The van der Waals surface area contributed by atoms with Crippen molar-refractivity contribution in [3.8, 4) is 17.1 Å². The Morgan fingerprint density at radius 1 is 1.50 bits per heavy atom. The summed E-state index contributed by atoms with van der Waals surface area (Å²) in [5, 5.41) is 12.6. The maximum Gasteiger partial charge on any atom is 0.358 e. The van der Waals surface area contributed by atoms with Crippen LogP contribution in [-0.2, 0) is 0 Å². The van der Waals surface area contributed by atoms with Gasteiger partial charge in [-0.3, -0.25) is 0 Å². The van der Waals surface area contributed by atoms with E-state index in [0.29, 0.717) is 28.7 Å². The molecule has 0 bridgehead atoms. The summed E-state index contributed by atoms with van der Waals surface area (Å²) in [6.45, 7) is 5.97. The first-order valence-electron chi connectivity index (χ1n) is 5.74. The zero-order valence-corrected chi connectivity index (χ0v) is 11.5. The topological polar surface area (TPSA) is 72.6 Å². The van der Waals surface area contributed by atoms with Crippen LogP contribution in [0.25, 0.3) is 11.3 Å². The molecule has 1 N–H and O–H groups in total. The van der Waals surface area contributed by atoms with Crippen LogP contribution in [0.15, 0.2) is 40.9 Å². The van der Waals surface area contributed by atoms with E-state index in [1.807, 2.05) is 6.92 Å². The van der Waals surface area contributed by atoms with E-state index in [4.69, 9.17) is 26.0 Å². The first kappa shape index (κ1) is 14.1. The van der Waals surface area contributed by atoms with Gasteiger partial charge in [0.05, 0.1) is 5.02 Å². The highest BCUT2D eigenvalue weighted by atomic mass is 35.5. The lowest BCUT2D eigenvalue weighted by Crippen LogP contribution is -1.98. The van der Waals surface area contributed by atoms with Gasteiger partial charge >= 0.3 is 5.97 Å². The monoisotopic (exact) mass is 293 g/mol. The van der Waals surface area contributed by atoms with E-state index in [1.54, 1.807) is 18.2 Å². The molecule has 0 atom stereocenters. The van der Waals surface area contributed by atoms with Crippen LogP contribution in [0.3, 0.4) is 0 Å². The summed E-state index contributed by atoms with van der Waals surface area (Å²) < 4.78 is 10.4. The highest BCUT2D eigenvalue weighted by Crippen LogP contribution is 2.31. The number of benzene rings is 1. The zero-order chi connectivity index (χ0) is 14.7. The van der Waals surface area contributed by atoms with Crippen molar-refractivity contribution in [2.75, 3.05) is 6.61 Å². The molecule has 1 aromatic carbocycles. The molecule has 0 saturated heterocycles. The van der Waals surface area contributed by atoms with Crippen molar-refractivity contribution < 1.29 is 19.2 Å². The second kappa shape index (κ2) is 5.79. The third-order valence-electron chi connectivity index (χ3n) is 2.42. The van der Waals surface area contributed by atoms with Gasteiger partial charge in [-0.15, -0.1) is 0 Å². The molecule has 0 saturated carbocycles. The van der Waals surface area contributed by atoms with Gasteiger partial charge in [-0.25, -0.2) is 4.79 Å². The molecule has 0 aliphatic rings. The number of ether oxygens (including phenoxy) is 1. The molecule has 5 nitrogen and oxygen atoms in total. The van der Waals surface area contributed by atoms with Crippen LogP contribution in [0.2, 0.25) is 5.02 Å². The summed E-state index contributed by atoms with van der Waals surface area (Å²) in [7, 11) is 0. The molecule has 0 aliphatic carbocycles. The Hall–Kier alpha value is -2.27. The van der Waals surface area contributed by atoms with Gasteiger partial charge in [-0.2, -0.15) is 0 Å². The highest BCUT2D eigenvalue weighted by molar-refractivity contribution is 6.32. The third-order valence-corrected chi connectivity index (χ3v) is 2.72. The number of nitrogens with zero attached hydrogens (tertiary/aromatic N) is 1. The molecule has 6 heteroatoms. The first-order valence-corrected chi connectivity index (χ1v) is 6.12. The van der Waals surface area contributed by atoms with E-state index >= 15 is 0 Å². The van der Waals surface area contributed by atoms with Crippen molar-refractivity contribution in [3.63, 3.8) is 0 Å². The maximum absolute atomic E-state index is 10.7. The zero-order valence-electron chi connectivity index (χ0n) is 10.7. The smallest absolute Gasteiger partial charge is 0.358 e. The lowest BCUT2D eigenvalue weighted by molar-refractivity contribution is 0.0686. The van der Waals surface area contributed by atoms with Crippen LogP contribution < -0.4 is 4.74 Å². The van der Waals surface area contributed by atoms with E-state index in [9.17, 15) is 4.79 Å². The lowest BCUT2D eigenvalue weighted by atomic mass is 10.1. The van der Waals surface area contributed by atoms with Crippen molar-refractivity contribution >= 4 is 17.6 Å². The van der Waals surface area contributed by atoms with Crippen LogP contribution in [-0.4, -0.2) is 22.8 Å². The molecule has 0 radical (unpaired) electrons. The largest absolute Gasteiger partial charge is 0.488 e. The summed E-state index contributed by atoms with van der Waals surface area (Å²) in [4.78, 5) is 10.7. The third kappa shape index (κ3) is 3.19. The Kier molecular flexibility index (Phi) is 4.10. The highest BCUT2D eigenvalue weighted by Gasteiger charge is 2.13. The quantitative estimate of drug-likeness (QED) is 0.852. The van der Waals surface area contributed by atoms with Gasteiger partial charge < -0.3 is 14.4 Å². The SMILES string of the molecule is C=C(C)COc1ccc(-c2cc(C(=O)O)no2)cc1Cl.